The van der Waals surface area contributed by atoms with E-state index in [4.69, 9.17) is 0 Å². The van der Waals surface area contributed by atoms with Crippen LogP contribution in [0.25, 0.3) is 42.4 Å². The Labute approximate surface area is 316 Å². The molecule has 6 aromatic carbocycles. The van der Waals surface area contributed by atoms with E-state index in [1.54, 1.807) is 22.3 Å². The quantitative estimate of drug-likeness (QED) is 0.177. The molecule has 4 bridgehead atoms. The van der Waals surface area contributed by atoms with Gasteiger partial charge in [0.25, 0.3) is 0 Å². The number of nitrogens with zero attached hydrogens (tertiary/aromatic N) is 1. The van der Waals surface area contributed by atoms with Crippen LogP contribution in [0, 0.1) is 23.7 Å². The second-order valence-corrected chi connectivity index (χ2v) is 18.7. The highest BCUT2D eigenvalue weighted by atomic mass is 32.1. The Morgan fingerprint density at radius 1 is 0.491 bits per heavy atom. The Bertz CT molecular complexity index is 2640. The lowest BCUT2D eigenvalue weighted by atomic mass is 9.43. The largest absolute Gasteiger partial charge is 0.310 e. The Hall–Kier alpha value is -4.66. The highest BCUT2D eigenvalue weighted by molar-refractivity contribution is 7.26. The molecule has 2 spiro atoms. The van der Waals surface area contributed by atoms with Crippen molar-refractivity contribution >= 4 is 48.6 Å². The lowest BCUT2D eigenvalue weighted by molar-refractivity contribution is -0.0399. The molecule has 0 radical (unpaired) electrons. The Morgan fingerprint density at radius 2 is 1.08 bits per heavy atom. The van der Waals surface area contributed by atoms with Crippen LogP contribution in [0.5, 0.6) is 0 Å². The lowest BCUT2D eigenvalue weighted by Crippen LogP contribution is -2.55. The van der Waals surface area contributed by atoms with Gasteiger partial charge in [0, 0.05) is 42.4 Å². The SMILES string of the molecule is c1ccc2c(c1)-c1ccc(N(c3ccc4c(c3)C3(c5ccccc5-4)C4CC5CC(C4)CC3C5)c3cccc4sc5ccccc5c34)cc1C21CCCC1. The molecule has 0 atom stereocenters. The molecule has 0 aliphatic heterocycles. The zero-order chi connectivity index (χ0) is 34.5. The van der Waals surface area contributed by atoms with Gasteiger partial charge in [-0.05, 0) is 156 Å². The van der Waals surface area contributed by atoms with E-state index in [9.17, 15) is 0 Å². The van der Waals surface area contributed by atoms with Crippen molar-refractivity contribution in [1.82, 2.24) is 0 Å². The fraction of sp³-hybridized carbons (Fsp3) is 0.294. The van der Waals surface area contributed by atoms with Crippen molar-refractivity contribution < 1.29 is 0 Å². The first-order chi connectivity index (χ1) is 26.2. The Morgan fingerprint density at radius 3 is 1.83 bits per heavy atom. The van der Waals surface area contributed by atoms with Gasteiger partial charge in [0.05, 0.1) is 5.69 Å². The minimum Gasteiger partial charge on any atom is -0.310 e. The van der Waals surface area contributed by atoms with Crippen molar-refractivity contribution in [2.75, 3.05) is 4.90 Å². The fourth-order valence-corrected chi connectivity index (χ4v) is 14.9. The van der Waals surface area contributed by atoms with Crippen LogP contribution in [-0.4, -0.2) is 0 Å². The summed E-state index contributed by atoms with van der Waals surface area (Å²) < 4.78 is 2.72. The monoisotopic (exact) mass is 701 g/mol. The maximum absolute atomic E-state index is 2.69. The molecule has 1 heterocycles. The van der Waals surface area contributed by atoms with E-state index in [1.165, 1.54) is 117 Å². The van der Waals surface area contributed by atoms with Gasteiger partial charge in [-0.3, -0.25) is 0 Å². The first kappa shape index (κ1) is 29.8. The number of thiophene rings is 1. The molecule has 0 amide bonds. The molecule has 1 aromatic heterocycles. The molecule has 14 rings (SSSR count). The molecular formula is C51H43NS. The third-order valence-electron chi connectivity index (χ3n) is 15.4. The van der Waals surface area contributed by atoms with Crippen molar-refractivity contribution in [2.24, 2.45) is 23.7 Å². The highest BCUT2D eigenvalue weighted by Gasteiger charge is 2.61. The number of fused-ring (bicyclic) bond motifs is 11. The molecule has 7 aliphatic rings. The molecule has 5 fully saturated rings. The zero-order valence-corrected chi connectivity index (χ0v) is 31.0. The summed E-state index contributed by atoms with van der Waals surface area (Å²) in [6.07, 6.45) is 12.2. The van der Waals surface area contributed by atoms with Crippen molar-refractivity contribution in [2.45, 2.75) is 68.6 Å². The summed E-state index contributed by atoms with van der Waals surface area (Å²) in [6.45, 7) is 0. The summed E-state index contributed by atoms with van der Waals surface area (Å²) in [4.78, 5) is 2.67. The van der Waals surface area contributed by atoms with Gasteiger partial charge in [-0.1, -0.05) is 97.8 Å². The second kappa shape index (κ2) is 10.5. The number of rotatable bonds is 3. The van der Waals surface area contributed by atoms with Crippen molar-refractivity contribution in [3.8, 4) is 22.3 Å². The molecule has 1 nitrogen and oxygen atoms in total. The number of benzene rings is 6. The molecular weight excluding hydrogens is 659 g/mol. The average Bonchev–Trinajstić information content (AvgIpc) is 3.96. The van der Waals surface area contributed by atoms with Crippen LogP contribution < -0.4 is 4.90 Å². The highest BCUT2D eigenvalue weighted by Crippen LogP contribution is 2.70. The predicted molar refractivity (Wildman–Crippen MR) is 222 cm³/mol. The zero-order valence-electron chi connectivity index (χ0n) is 30.2. The van der Waals surface area contributed by atoms with E-state index in [0.717, 1.165) is 23.7 Å². The maximum Gasteiger partial charge on any atom is 0.0554 e. The molecule has 0 saturated heterocycles. The number of hydrogen-bond acceptors (Lipinski definition) is 2. The van der Waals surface area contributed by atoms with Crippen molar-refractivity contribution in [3.63, 3.8) is 0 Å². The summed E-state index contributed by atoms with van der Waals surface area (Å²) in [7, 11) is 0. The van der Waals surface area contributed by atoms with Crippen molar-refractivity contribution in [1.29, 1.82) is 0 Å². The van der Waals surface area contributed by atoms with Gasteiger partial charge in [0.15, 0.2) is 0 Å². The minimum absolute atomic E-state index is 0.124. The fourth-order valence-electron chi connectivity index (χ4n) is 13.7. The molecule has 7 aliphatic carbocycles. The van der Waals surface area contributed by atoms with Crippen LogP contribution >= 0.6 is 11.3 Å². The average molecular weight is 702 g/mol. The Kier molecular flexibility index (Phi) is 5.90. The Balaban J connectivity index is 1.07. The van der Waals surface area contributed by atoms with E-state index < -0.39 is 0 Å². The van der Waals surface area contributed by atoms with Crippen LogP contribution in [0.2, 0.25) is 0 Å². The van der Waals surface area contributed by atoms with Crippen LogP contribution in [0.1, 0.15) is 80.0 Å². The summed E-state index contributed by atoms with van der Waals surface area (Å²) in [5.74, 6) is 3.36. The summed E-state index contributed by atoms with van der Waals surface area (Å²) in [6, 6.07) is 50.1. The lowest BCUT2D eigenvalue weighted by Gasteiger charge is -2.61. The van der Waals surface area contributed by atoms with Gasteiger partial charge in [-0.15, -0.1) is 11.3 Å². The molecule has 2 heteroatoms. The van der Waals surface area contributed by atoms with Gasteiger partial charge < -0.3 is 4.90 Å². The molecule has 5 saturated carbocycles. The second-order valence-electron chi connectivity index (χ2n) is 17.6. The standard InChI is InChI=1S/C51H43NS/c1-4-13-42-37(10-1)39-20-18-35(29-44(39)50(42)22-7-8-23-50)52(46-15-9-17-48-49(46)41-12-3-6-16-47(41)53-48)36-19-21-40-38-11-2-5-14-43(38)51(45(40)30-36)33-25-31-24-32(27-33)28-34(51)26-31/h1-6,9-21,29-34H,7-8,22-28H2. The van der Waals surface area contributed by atoms with Crippen LogP contribution in [0.4, 0.5) is 17.1 Å². The van der Waals surface area contributed by atoms with Crippen LogP contribution in [-0.2, 0) is 10.8 Å². The molecule has 7 aromatic rings. The van der Waals surface area contributed by atoms with Crippen LogP contribution in [0.3, 0.4) is 0 Å². The normalized spacial score (nSPS) is 26.4. The van der Waals surface area contributed by atoms with Crippen molar-refractivity contribution in [3.05, 3.63) is 150 Å². The van der Waals surface area contributed by atoms with E-state index in [-0.39, 0.29) is 10.8 Å². The third-order valence-corrected chi connectivity index (χ3v) is 16.5. The molecule has 0 unspecified atom stereocenters. The minimum atomic E-state index is 0.124. The summed E-state index contributed by atoms with van der Waals surface area (Å²) in [5, 5.41) is 2.74. The van der Waals surface area contributed by atoms with Gasteiger partial charge >= 0.3 is 0 Å². The van der Waals surface area contributed by atoms with E-state index in [2.05, 4.69) is 132 Å². The van der Waals surface area contributed by atoms with Gasteiger partial charge in [0.2, 0.25) is 0 Å². The number of anilines is 3. The molecule has 0 N–H and O–H groups in total. The van der Waals surface area contributed by atoms with E-state index in [0.29, 0.717) is 0 Å². The van der Waals surface area contributed by atoms with Gasteiger partial charge in [-0.25, -0.2) is 0 Å². The molecule has 53 heavy (non-hydrogen) atoms. The first-order valence-corrected chi connectivity index (χ1v) is 21.2. The van der Waals surface area contributed by atoms with Crippen LogP contribution in [0.15, 0.2) is 127 Å². The molecule has 258 valence electrons. The summed E-state index contributed by atoms with van der Waals surface area (Å²) >= 11 is 1.93. The predicted octanol–water partition coefficient (Wildman–Crippen LogP) is 14.1. The summed E-state index contributed by atoms with van der Waals surface area (Å²) in [5.41, 5.74) is 16.4. The van der Waals surface area contributed by atoms with Gasteiger partial charge in [0.1, 0.15) is 0 Å². The van der Waals surface area contributed by atoms with Gasteiger partial charge in [-0.2, -0.15) is 0 Å². The first-order valence-electron chi connectivity index (χ1n) is 20.4. The topological polar surface area (TPSA) is 3.24 Å². The maximum atomic E-state index is 2.69. The third kappa shape index (κ3) is 3.74. The smallest absolute Gasteiger partial charge is 0.0554 e. The van der Waals surface area contributed by atoms with E-state index in [1.807, 2.05) is 11.3 Å². The number of hydrogen-bond donors (Lipinski definition) is 0. The van der Waals surface area contributed by atoms with E-state index >= 15 is 0 Å².